The Bertz CT molecular complexity index is 1160. The van der Waals surface area contributed by atoms with Gasteiger partial charge in [0.1, 0.15) is 0 Å². The van der Waals surface area contributed by atoms with E-state index in [4.69, 9.17) is 0 Å². The van der Waals surface area contributed by atoms with Crippen LogP contribution in [0.2, 0.25) is 0 Å². The molecule has 2 aliphatic rings. The van der Waals surface area contributed by atoms with Crippen LogP contribution in [0.4, 0.5) is 5.82 Å². The molecule has 6 rings (SSSR count). The van der Waals surface area contributed by atoms with Gasteiger partial charge in [0.05, 0.1) is 27.6 Å². The first-order valence-electron chi connectivity index (χ1n) is 10.5. The van der Waals surface area contributed by atoms with E-state index in [1.165, 1.54) is 19.3 Å². The van der Waals surface area contributed by atoms with Crippen LogP contribution in [0.1, 0.15) is 19.3 Å². The van der Waals surface area contributed by atoms with Gasteiger partial charge >= 0.3 is 0 Å². The molecular formula is C22H23N7S. The van der Waals surface area contributed by atoms with Crippen LogP contribution in [0.5, 0.6) is 0 Å². The number of hydrogen-bond acceptors (Lipinski definition) is 7. The maximum absolute atomic E-state index is 4.60. The fourth-order valence-corrected chi connectivity index (χ4v) is 5.77. The fraction of sp³-hybridized carbons (Fsp3) is 0.364. The topological polar surface area (TPSA) is 82.6 Å². The van der Waals surface area contributed by atoms with Gasteiger partial charge in [-0.2, -0.15) is 5.10 Å². The summed E-state index contributed by atoms with van der Waals surface area (Å²) in [6, 6.07) is 8.43. The molecule has 3 aromatic heterocycles. The number of rotatable bonds is 3. The van der Waals surface area contributed by atoms with Crippen molar-refractivity contribution in [2.75, 3.05) is 31.1 Å². The number of nitrogens with one attached hydrogen (secondary N) is 2. The molecule has 8 heteroatoms. The first-order valence-corrected chi connectivity index (χ1v) is 11.3. The van der Waals surface area contributed by atoms with E-state index in [2.05, 4.69) is 59.9 Å². The zero-order chi connectivity index (χ0) is 20.0. The molecule has 1 unspecified atom stereocenters. The Labute approximate surface area is 178 Å². The molecule has 4 aromatic rings. The molecule has 2 fully saturated rings. The van der Waals surface area contributed by atoms with Crippen LogP contribution < -0.4 is 10.2 Å². The van der Waals surface area contributed by atoms with Gasteiger partial charge in [0.15, 0.2) is 5.82 Å². The maximum atomic E-state index is 4.60. The molecule has 2 saturated heterocycles. The monoisotopic (exact) mass is 417 g/mol. The second kappa shape index (κ2) is 7.14. The average Bonchev–Trinajstić information content (AvgIpc) is 3.55. The number of H-pyrrole nitrogens is 1. The third-order valence-corrected chi connectivity index (χ3v) is 7.40. The lowest BCUT2D eigenvalue weighted by Crippen LogP contribution is -2.42. The summed E-state index contributed by atoms with van der Waals surface area (Å²) in [4.78, 5) is 7.00. The van der Waals surface area contributed by atoms with Crippen molar-refractivity contribution in [2.24, 2.45) is 5.41 Å². The summed E-state index contributed by atoms with van der Waals surface area (Å²) >= 11 is 1.64. The lowest BCUT2D eigenvalue weighted by molar-refractivity contribution is 0.239. The minimum Gasteiger partial charge on any atom is -0.355 e. The van der Waals surface area contributed by atoms with Crippen molar-refractivity contribution >= 4 is 27.4 Å². The van der Waals surface area contributed by atoms with Crippen LogP contribution in [0, 0.1) is 5.41 Å². The maximum Gasteiger partial charge on any atom is 0.151 e. The lowest BCUT2D eigenvalue weighted by atomic mass is 9.80. The molecule has 0 bridgehead atoms. The van der Waals surface area contributed by atoms with E-state index >= 15 is 0 Å². The van der Waals surface area contributed by atoms with Gasteiger partial charge in [-0.1, -0.05) is 12.1 Å². The van der Waals surface area contributed by atoms with Gasteiger partial charge in [-0.05, 0) is 37.9 Å². The van der Waals surface area contributed by atoms with Crippen LogP contribution in [0.3, 0.4) is 0 Å². The van der Waals surface area contributed by atoms with Gasteiger partial charge in [-0.15, -0.1) is 21.5 Å². The predicted molar refractivity (Wildman–Crippen MR) is 120 cm³/mol. The van der Waals surface area contributed by atoms with Crippen molar-refractivity contribution < 1.29 is 0 Å². The Hall–Kier alpha value is -2.84. The van der Waals surface area contributed by atoms with Crippen molar-refractivity contribution in [3.8, 4) is 22.4 Å². The van der Waals surface area contributed by atoms with Gasteiger partial charge in [0.2, 0.25) is 0 Å². The summed E-state index contributed by atoms with van der Waals surface area (Å²) in [5.41, 5.74) is 7.37. The number of aromatic nitrogens is 5. The highest BCUT2D eigenvalue weighted by Gasteiger charge is 2.39. The first kappa shape index (κ1) is 18.0. The van der Waals surface area contributed by atoms with Crippen LogP contribution in [-0.2, 0) is 0 Å². The average molecular weight is 418 g/mol. The lowest BCUT2D eigenvalue weighted by Gasteiger charge is -2.33. The van der Waals surface area contributed by atoms with Crippen molar-refractivity contribution in [1.29, 1.82) is 0 Å². The minimum atomic E-state index is 0.413. The number of thiazole rings is 1. The third kappa shape index (κ3) is 2.98. The summed E-state index contributed by atoms with van der Waals surface area (Å²) in [7, 11) is 0. The number of aromatic amines is 1. The van der Waals surface area contributed by atoms with E-state index in [0.717, 1.165) is 64.6 Å². The van der Waals surface area contributed by atoms with Crippen molar-refractivity contribution in [3.63, 3.8) is 0 Å². The van der Waals surface area contributed by atoms with Gasteiger partial charge < -0.3 is 10.2 Å². The Morgan fingerprint density at radius 3 is 2.83 bits per heavy atom. The van der Waals surface area contributed by atoms with Crippen molar-refractivity contribution in [2.45, 2.75) is 19.3 Å². The highest BCUT2D eigenvalue weighted by Crippen LogP contribution is 2.39. The number of benzene rings is 1. The largest absolute Gasteiger partial charge is 0.355 e. The standard InChI is InChI=1S/C22H23N7S/c1-6-22(12-23-8-1)7-9-29(13-22)19-5-4-18(27-28-19)17-3-2-16(15-10-25-26-11-15)20-21(17)30-14-24-20/h2-5,10-11,14,23H,1,6-9,12-13H2,(H,25,26). The van der Waals surface area contributed by atoms with Crippen LogP contribution in [-0.4, -0.2) is 51.6 Å². The quantitative estimate of drug-likeness (QED) is 0.529. The normalized spacial score (nSPS) is 21.7. The molecule has 7 nitrogen and oxygen atoms in total. The number of piperidine rings is 1. The Kier molecular flexibility index (Phi) is 4.28. The van der Waals surface area contributed by atoms with Crippen LogP contribution in [0.15, 0.2) is 42.2 Å². The second-order valence-corrected chi connectivity index (χ2v) is 9.26. The summed E-state index contributed by atoms with van der Waals surface area (Å²) < 4.78 is 1.13. The van der Waals surface area contributed by atoms with Crippen LogP contribution >= 0.6 is 11.3 Å². The van der Waals surface area contributed by atoms with Gasteiger partial charge in [-0.25, -0.2) is 4.98 Å². The van der Waals surface area contributed by atoms with Crippen molar-refractivity contribution in [3.05, 3.63) is 42.2 Å². The SMILES string of the molecule is c1nc2c(-c3cn[nH]c3)ccc(-c3ccc(N4CCC5(CCCNC5)C4)nn3)c2s1. The summed E-state index contributed by atoms with van der Waals surface area (Å²) in [5, 5.41) is 19.7. The minimum absolute atomic E-state index is 0.413. The molecule has 30 heavy (non-hydrogen) atoms. The van der Waals surface area contributed by atoms with E-state index in [9.17, 15) is 0 Å². The molecular weight excluding hydrogens is 394 g/mol. The van der Waals surface area contributed by atoms with E-state index in [0.29, 0.717) is 5.41 Å². The van der Waals surface area contributed by atoms with Crippen molar-refractivity contribution in [1.82, 2.24) is 30.7 Å². The highest BCUT2D eigenvalue weighted by molar-refractivity contribution is 7.17. The number of anilines is 1. The molecule has 0 saturated carbocycles. The van der Waals surface area contributed by atoms with Gasteiger partial charge in [0.25, 0.3) is 0 Å². The van der Waals surface area contributed by atoms with Gasteiger partial charge in [0, 0.05) is 47.9 Å². The smallest absolute Gasteiger partial charge is 0.151 e. The molecule has 2 aliphatic heterocycles. The molecule has 5 heterocycles. The van der Waals surface area contributed by atoms with E-state index < -0.39 is 0 Å². The predicted octanol–water partition coefficient (Wildman–Crippen LogP) is 3.72. The van der Waals surface area contributed by atoms with E-state index in [1.807, 2.05) is 17.9 Å². The molecule has 2 N–H and O–H groups in total. The first-order chi connectivity index (χ1) is 14.8. The number of nitrogens with zero attached hydrogens (tertiary/aromatic N) is 5. The van der Waals surface area contributed by atoms with E-state index in [1.54, 1.807) is 11.3 Å². The number of fused-ring (bicyclic) bond motifs is 1. The van der Waals surface area contributed by atoms with E-state index in [-0.39, 0.29) is 0 Å². The number of hydrogen-bond donors (Lipinski definition) is 2. The summed E-state index contributed by atoms with van der Waals surface area (Å²) in [5.74, 6) is 0.983. The Balaban J connectivity index is 1.29. The zero-order valence-electron chi connectivity index (χ0n) is 16.6. The molecule has 1 aromatic carbocycles. The third-order valence-electron chi connectivity index (χ3n) is 6.54. The molecule has 0 radical (unpaired) electrons. The molecule has 152 valence electrons. The van der Waals surface area contributed by atoms with Gasteiger partial charge in [-0.3, -0.25) is 5.10 Å². The summed E-state index contributed by atoms with van der Waals surface area (Å²) in [6.45, 7) is 4.42. The Morgan fingerprint density at radius 1 is 1.07 bits per heavy atom. The second-order valence-electron chi connectivity index (χ2n) is 8.41. The summed E-state index contributed by atoms with van der Waals surface area (Å²) in [6.07, 6.45) is 7.55. The molecule has 0 amide bonds. The molecule has 1 spiro atoms. The fourth-order valence-electron chi connectivity index (χ4n) is 4.93. The van der Waals surface area contributed by atoms with Crippen LogP contribution in [0.25, 0.3) is 32.6 Å². The molecule has 0 aliphatic carbocycles. The molecule has 1 atom stereocenters. The Morgan fingerprint density at radius 2 is 2.03 bits per heavy atom. The highest BCUT2D eigenvalue weighted by atomic mass is 32.1. The zero-order valence-corrected chi connectivity index (χ0v) is 17.5.